The number of hydrogen-bond donors (Lipinski definition) is 2. The molecule has 0 aliphatic rings. The molecular weight excluding hydrogens is 391 g/mol. The minimum atomic E-state index is 0.114. The molecule has 3 aromatic rings. The van der Waals surface area contributed by atoms with Crippen molar-refractivity contribution in [3.63, 3.8) is 0 Å². The molecule has 2 unspecified atom stereocenters. The third-order valence-corrected chi connectivity index (χ3v) is 5.76. The quantitative estimate of drug-likeness (QED) is 0.451. The molecule has 0 saturated carbocycles. The lowest BCUT2D eigenvalue weighted by Gasteiger charge is -2.16. The highest BCUT2D eigenvalue weighted by atomic mass is 35.5. The number of rotatable bonds is 6. The van der Waals surface area contributed by atoms with E-state index in [1.165, 1.54) is 11.1 Å². The van der Waals surface area contributed by atoms with Gasteiger partial charge >= 0.3 is 0 Å². The van der Waals surface area contributed by atoms with Crippen LogP contribution in [0.5, 0.6) is 11.5 Å². The van der Waals surface area contributed by atoms with Crippen molar-refractivity contribution in [3.05, 3.63) is 93.0 Å². The van der Waals surface area contributed by atoms with Crippen LogP contribution in [0.2, 0.25) is 10.0 Å². The fourth-order valence-electron chi connectivity index (χ4n) is 3.49. The topological polar surface area (TPSA) is 40.5 Å². The standard InChI is InChI=1S/C24H24Cl2O2/c1-15(19-6-8-23(27)21(25)13-19)10-17-4-3-5-18(12-17)11-16(2)20-7-9-24(28)22(26)14-20/h3-9,12-16,27-28H,10-11H2,1-2H3. The Bertz CT molecular complexity index is 894. The Balaban J connectivity index is 1.70. The minimum Gasteiger partial charge on any atom is -0.506 e. The Hall–Kier alpha value is -2.16. The summed E-state index contributed by atoms with van der Waals surface area (Å²) in [5.74, 6) is 0.814. The Kier molecular flexibility index (Phi) is 6.53. The first-order chi connectivity index (χ1) is 13.3. The second-order valence-corrected chi connectivity index (χ2v) is 8.27. The van der Waals surface area contributed by atoms with Crippen LogP contribution in [0.3, 0.4) is 0 Å². The maximum atomic E-state index is 9.61. The summed E-state index contributed by atoms with van der Waals surface area (Å²) in [5.41, 5.74) is 4.76. The van der Waals surface area contributed by atoms with Crippen molar-refractivity contribution >= 4 is 23.2 Å². The molecule has 0 aromatic heterocycles. The van der Waals surface area contributed by atoms with Gasteiger partial charge in [0.1, 0.15) is 11.5 Å². The predicted octanol–water partition coefficient (Wildman–Crippen LogP) is 7.10. The van der Waals surface area contributed by atoms with Crippen LogP contribution in [0.25, 0.3) is 0 Å². The monoisotopic (exact) mass is 414 g/mol. The van der Waals surface area contributed by atoms with Crippen molar-refractivity contribution in [2.75, 3.05) is 0 Å². The molecule has 0 bridgehead atoms. The van der Waals surface area contributed by atoms with E-state index in [4.69, 9.17) is 23.2 Å². The lowest BCUT2D eigenvalue weighted by molar-refractivity contribution is 0.474. The zero-order valence-electron chi connectivity index (χ0n) is 16.0. The smallest absolute Gasteiger partial charge is 0.134 e. The molecule has 0 heterocycles. The summed E-state index contributed by atoms with van der Waals surface area (Å²) in [6.45, 7) is 4.33. The lowest BCUT2D eigenvalue weighted by Crippen LogP contribution is -2.02. The Morgan fingerprint density at radius 3 is 1.50 bits per heavy atom. The Labute approximate surface area is 176 Å². The van der Waals surface area contributed by atoms with Gasteiger partial charge < -0.3 is 10.2 Å². The summed E-state index contributed by atoms with van der Waals surface area (Å²) in [4.78, 5) is 0. The van der Waals surface area contributed by atoms with Crippen LogP contribution in [-0.4, -0.2) is 10.2 Å². The van der Waals surface area contributed by atoms with Gasteiger partial charge in [-0.1, -0.05) is 73.4 Å². The van der Waals surface area contributed by atoms with E-state index in [1.54, 1.807) is 12.1 Å². The highest BCUT2D eigenvalue weighted by Gasteiger charge is 2.12. The largest absolute Gasteiger partial charge is 0.506 e. The highest BCUT2D eigenvalue weighted by molar-refractivity contribution is 6.32. The maximum Gasteiger partial charge on any atom is 0.134 e. The molecule has 2 atom stereocenters. The first-order valence-corrected chi connectivity index (χ1v) is 10.1. The van der Waals surface area contributed by atoms with E-state index in [1.807, 2.05) is 24.3 Å². The minimum absolute atomic E-state index is 0.114. The van der Waals surface area contributed by atoms with E-state index in [-0.39, 0.29) is 11.5 Å². The first kappa shape index (κ1) is 20.6. The fourth-order valence-corrected chi connectivity index (χ4v) is 3.86. The van der Waals surface area contributed by atoms with Gasteiger partial charge in [0.05, 0.1) is 10.0 Å². The van der Waals surface area contributed by atoms with Gasteiger partial charge in [-0.05, 0) is 71.2 Å². The van der Waals surface area contributed by atoms with Crippen LogP contribution < -0.4 is 0 Å². The van der Waals surface area contributed by atoms with Crippen molar-refractivity contribution in [1.29, 1.82) is 0 Å². The van der Waals surface area contributed by atoms with Gasteiger partial charge in [-0.15, -0.1) is 0 Å². The zero-order chi connectivity index (χ0) is 20.3. The summed E-state index contributed by atoms with van der Waals surface area (Å²) < 4.78 is 0. The number of phenolic OH excluding ortho intramolecular Hbond substituents is 2. The Morgan fingerprint density at radius 1 is 0.679 bits per heavy atom. The van der Waals surface area contributed by atoms with E-state index >= 15 is 0 Å². The molecule has 3 aromatic carbocycles. The lowest BCUT2D eigenvalue weighted by atomic mass is 9.90. The number of halogens is 2. The van der Waals surface area contributed by atoms with E-state index in [0.29, 0.717) is 21.9 Å². The third kappa shape index (κ3) is 5.01. The van der Waals surface area contributed by atoms with Gasteiger partial charge in [-0.2, -0.15) is 0 Å². The molecular formula is C24H24Cl2O2. The fraction of sp³-hybridized carbons (Fsp3) is 0.250. The molecule has 0 aliphatic carbocycles. The maximum absolute atomic E-state index is 9.61. The molecule has 28 heavy (non-hydrogen) atoms. The molecule has 0 saturated heterocycles. The van der Waals surface area contributed by atoms with Crippen LogP contribution >= 0.6 is 23.2 Å². The van der Waals surface area contributed by atoms with E-state index in [0.717, 1.165) is 24.0 Å². The van der Waals surface area contributed by atoms with Gasteiger partial charge in [0.25, 0.3) is 0 Å². The first-order valence-electron chi connectivity index (χ1n) is 9.38. The third-order valence-electron chi connectivity index (χ3n) is 5.16. The van der Waals surface area contributed by atoms with Crippen LogP contribution in [-0.2, 0) is 12.8 Å². The molecule has 0 fully saturated rings. The van der Waals surface area contributed by atoms with E-state index in [2.05, 4.69) is 38.1 Å². The van der Waals surface area contributed by atoms with Gasteiger partial charge in [0.2, 0.25) is 0 Å². The number of benzene rings is 3. The summed E-state index contributed by atoms with van der Waals surface area (Å²) in [6.07, 6.45) is 1.79. The molecule has 2 nitrogen and oxygen atoms in total. The van der Waals surface area contributed by atoms with Crippen LogP contribution in [0, 0.1) is 0 Å². The molecule has 0 aliphatic heterocycles. The molecule has 3 rings (SSSR count). The Morgan fingerprint density at radius 2 is 1.11 bits per heavy atom. The molecule has 4 heteroatoms. The summed E-state index contributed by atoms with van der Waals surface area (Å²) in [7, 11) is 0. The van der Waals surface area contributed by atoms with Crippen LogP contribution in [0.1, 0.15) is 47.9 Å². The summed E-state index contributed by atoms with van der Waals surface area (Å²) >= 11 is 12.1. The van der Waals surface area contributed by atoms with Gasteiger partial charge in [-0.25, -0.2) is 0 Å². The normalized spacial score (nSPS) is 13.3. The average molecular weight is 415 g/mol. The van der Waals surface area contributed by atoms with Crippen molar-refractivity contribution in [1.82, 2.24) is 0 Å². The van der Waals surface area contributed by atoms with Crippen molar-refractivity contribution in [2.45, 2.75) is 38.5 Å². The molecule has 146 valence electrons. The average Bonchev–Trinajstić information content (AvgIpc) is 2.66. The SMILES string of the molecule is CC(Cc1cccc(CC(C)c2ccc(O)c(Cl)c2)c1)c1ccc(O)c(Cl)c1. The van der Waals surface area contributed by atoms with Crippen LogP contribution in [0.4, 0.5) is 0 Å². The number of aromatic hydroxyl groups is 2. The van der Waals surface area contributed by atoms with E-state index in [9.17, 15) is 10.2 Å². The van der Waals surface area contributed by atoms with Gasteiger partial charge in [0, 0.05) is 0 Å². The van der Waals surface area contributed by atoms with Gasteiger partial charge in [0.15, 0.2) is 0 Å². The number of phenols is 2. The van der Waals surface area contributed by atoms with Crippen molar-refractivity contribution in [2.24, 2.45) is 0 Å². The molecule has 0 spiro atoms. The van der Waals surface area contributed by atoms with Crippen molar-refractivity contribution < 1.29 is 10.2 Å². The highest BCUT2D eigenvalue weighted by Crippen LogP contribution is 2.31. The summed E-state index contributed by atoms with van der Waals surface area (Å²) in [6, 6.07) is 19.4. The van der Waals surface area contributed by atoms with Crippen LogP contribution in [0.15, 0.2) is 60.7 Å². The van der Waals surface area contributed by atoms with E-state index < -0.39 is 0 Å². The van der Waals surface area contributed by atoms with Gasteiger partial charge in [-0.3, -0.25) is 0 Å². The second-order valence-electron chi connectivity index (χ2n) is 7.45. The predicted molar refractivity (Wildman–Crippen MR) is 117 cm³/mol. The molecule has 2 N–H and O–H groups in total. The molecule has 0 radical (unpaired) electrons. The number of hydrogen-bond acceptors (Lipinski definition) is 2. The molecule has 0 amide bonds. The second kappa shape index (κ2) is 8.89. The van der Waals surface area contributed by atoms with Crippen molar-refractivity contribution in [3.8, 4) is 11.5 Å². The zero-order valence-corrected chi connectivity index (χ0v) is 17.5. The summed E-state index contributed by atoms with van der Waals surface area (Å²) in [5, 5.41) is 20.0.